The monoisotopic (exact) mass is 462 g/mol. The minimum atomic E-state index is -3.70. The molecule has 1 amide bonds. The number of anilines is 1. The number of carbonyl (C=O) groups excluding carboxylic acids is 1. The van der Waals surface area contributed by atoms with Crippen LogP contribution in [0.2, 0.25) is 0 Å². The first kappa shape index (κ1) is 22.7. The number of benzene rings is 2. The van der Waals surface area contributed by atoms with E-state index in [0.29, 0.717) is 6.54 Å². The molecule has 0 atom stereocenters. The Kier molecular flexibility index (Phi) is 6.86. The topological polar surface area (TPSA) is 91.4 Å². The molecule has 3 aromatic rings. The van der Waals surface area contributed by atoms with Gasteiger partial charge in [-0.05, 0) is 47.4 Å². The summed E-state index contributed by atoms with van der Waals surface area (Å²) in [4.78, 5) is 19.4. The molecule has 0 aliphatic carbocycles. The lowest BCUT2D eigenvalue weighted by molar-refractivity contribution is 0.0950. The highest BCUT2D eigenvalue weighted by Gasteiger charge is 2.17. The van der Waals surface area contributed by atoms with Gasteiger partial charge in [-0.2, -0.15) is 0 Å². The number of fused-ring (bicyclic) bond motifs is 1. The van der Waals surface area contributed by atoms with Crippen LogP contribution in [0.25, 0.3) is 0 Å². The zero-order valence-electron chi connectivity index (χ0n) is 18.2. The van der Waals surface area contributed by atoms with Gasteiger partial charge in [-0.1, -0.05) is 42.5 Å². The van der Waals surface area contributed by atoms with Crippen LogP contribution < -0.4 is 14.9 Å². The van der Waals surface area contributed by atoms with Gasteiger partial charge in [-0.15, -0.1) is 6.58 Å². The van der Waals surface area contributed by atoms with Crippen molar-refractivity contribution in [3.8, 4) is 0 Å². The summed E-state index contributed by atoms with van der Waals surface area (Å²) < 4.78 is 26.9. The van der Waals surface area contributed by atoms with E-state index >= 15 is 0 Å². The number of nitrogens with zero attached hydrogens (tertiary/aromatic N) is 2. The van der Waals surface area contributed by atoms with Crippen molar-refractivity contribution in [2.24, 2.45) is 0 Å². The lowest BCUT2D eigenvalue weighted by Gasteiger charge is -2.29. The van der Waals surface area contributed by atoms with Crippen LogP contribution in [0.5, 0.6) is 0 Å². The van der Waals surface area contributed by atoms with Gasteiger partial charge in [0.15, 0.2) is 0 Å². The largest absolute Gasteiger partial charge is 0.352 e. The molecule has 0 bridgehead atoms. The van der Waals surface area contributed by atoms with Crippen LogP contribution in [0.4, 0.5) is 5.82 Å². The average Bonchev–Trinajstić information content (AvgIpc) is 2.86. The van der Waals surface area contributed by atoms with E-state index in [4.69, 9.17) is 0 Å². The van der Waals surface area contributed by atoms with Gasteiger partial charge in [-0.3, -0.25) is 4.79 Å². The third-order valence-electron chi connectivity index (χ3n) is 5.54. The van der Waals surface area contributed by atoms with Crippen LogP contribution in [-0.4, -0.2) is 32.4 Å². The van der Waals surface area contributed by atoms with Crippen LogP contribution in [-0.2, 0) is 29.5 Å². The molecule has 33 heavy (non-hydrogen) atoms. The fraction of sp³-hybridized carbons (Fsp3) is 0.200. The summed E-state index contributed by atoms with van der Waals surface area (Å²) in [6.45, 7) is 5.66. The van der Waals surface area contributed by atoms with Gasteiger partial charge in [0.25, 0.3) is 5.91 Å². The molecule has 0 saturated carbocycles. The molecule has 2 N–H and O–H groups in total. The summed E-state index contributed by atoms with van der Waals surface area (Å²) in [6.07, 6.45) is 4.21. The molecule has 1 aromatic heterocycles. The second-order valence-electron chi connectivity index (χ2n) is 7.82. The highest BCUT2D eigenvalue weighted by Crippen LogP contribution is 2.23. The van der Waals surface area contributed by atoms with E-state index in [2.05, 4.69) is 50.8 Å². The van der Waals surface area contributed by atoms with Crippen LogP contribution >= 0.6 is 0 Å². The van der Waals surface area contributed by atoms with Crippen molar-refractivity contribution in [3.05, 3.63) is 102 Å². The van der Waals surface area contributed by atoms with E-state index in [9.17, 15) is 13.2 Å². The fourth-order valence-corrected chi connectivity index (χ4v) is 4.78. The molecule has 8 heteroatoms. The van der Waals surface area contributed by atoms with Crippen LogP contribution in [0.15, 0.2) is 84.4 Å². The molecule has 1 aliphatic rings. The summed E-state index contributed by atoms with van der Waals surface area (Å²) in [5.74, 6) is 0.553. The number of nitrogens with one attached hydrogen (secondary N) is 2. The van der Waals surface area contributed by atoms with Crippen molar-refractivity contribution in [2.75, 3.05) is 18.0 Å². The third-order valence-corrected chi connectivity index (χ3v) is 6.96. The van der Waals surface area contributed by atoms with E-state index in [1.54, 1.807) is 18.3 Å². The maximum Gasteiger partial charge on any atom is 0.251 e. The molecule has 0 unspecified atom stereocenters. The maximum absolute atomic E-state index is 12.6. The fourth-order valence-electron chi connectivity index (χ4n) is 3.74. The second-order valence-corrected chi connectivity index (χ2v) is 9.58. The Bertz CT molecular complexity index is 1260. The van der Waals surface area contributed by atoms with Crippen LogP contribution in [0, 0.1) is 0 Å². The Morgan fingerprint density at radius 3 is 2.67 bits per heavy atom. The normalized spacial score (nSPS) is 13.3. The standard InChI is InChI=1S/C25H26N4O3S/c1-2-13-28-33(31,32)23-9-5-8-21(15-23)25(30)27-17-19-10-11-24(26-16-19)29-14-12-20-6-3-4-7-22(20)18-29/h2-11,15-16,28H,1,12-14,17-18H2,(H,27,30). The van der Waals surface area contributed by atoms with E-state index < -0.39 is 10.0 Å². The van der Waals surface area contributed by atoms with Gasteiger partial charge < -0.3 is 10.2 Å². The van der Waals surface area contributed by atoms with E-state index in [1.807, 2.05) is 12.1 Å². The third kappa shape index (κ3) is 5.47. The Morgan fingerprint density at radius 1 is 1.09 bits per heavy atom. The van der Waals surface area contributed by atoms with Gasteiger partial charge >= 0.3 is 0 Å². The first-order chi connectivity index (χ1) is 16.0. The Morgan fingerprint density at radius 2 is 1.91 bits per heavy atom. The lowest BCUT2D eigenvalue weighted by Crippen LogP contribution is -2.31. The highest BCUT2D eigenvalue weighted by atomic mass is 32.2. The summed E-state index contributed by atoms with van der Waals surface area (Å²) in [5.41, 5.74) is 3.85. The molecule has 4 rings (SSSR count). The Labute approximate surface area is 194 Å². The molecular formula is C25H26N4O3S. The zero-order chi connectivity index (χ0) is 23.3. The summed E-state index contributed by atoms with van der Waals surface area (Å²) in [7, 11) is -3.70. The molecule has 7 nitrogen and oxygen atoms in total. The van der Waals surface area contributed by atoms with E-state index in [0.717, 1.165) is 30.9 Å². The molecule has 0 saturated heterocycles. The molecular weight excluding hydrogens is 436 g/mol. The lowest BCUT2D eigenvalue weighted by atomic mass is 10.00. The molecule has 0 radical (unpaired) electrons. The SMILES string of the molecule is C=CCNS(=O)(=O)c1cccc(C(=O)NCc2ccc(N3CCc4ccccc4C3)nc2)c1. The van der Waals surface area contributed by atoms with Crippen LogP contribution in [0.1, 0.15) is 27.0 Å². The molecule has 1 aliphatic heterocycles. The first-order valence-electron chi connectivity index (χ1n) is 10.7. The molecule has 0 spiro atoms. The summed E-state index contributed by atoms with van der Waals surface area (Å²) >= 11 is 0. The number of pyridine rings is 1. The zero-order valence-corrected chi connectivity index (χ0v) is 19.0. The Hall–Kier alpha value is -3.49. The van der Waals surface area contributed by atoms with E-state index in [1.165, 1.54) is 29.3 Å². The molecule has 2 aromatic carbocycles. The Balaban J connectivity index is 1.37. The quantitative estimate of drug-likeness (QED) is 0.502. The van der Waals surface area contributed by atoms with Gasteiger partial charge in [0.05, 0.1) is 4.90 Å². The van der Waals surface area contributed by atoms with Crippen molar-refractivity contribution in [1.29, 1.82) is 0 Å². The predicted octanol–water partition coefficient (Wildman–Crippen LogP) is 3.04. The van der Waals surface area contributed by atoms with Crippen molar-refractivity contribution in [2.45, 2.75) is 24.4 Å². The second kappa shape index (κ2) is 9.97. The van der Waals surface area contributed by atoms with Gasteiger partial charge in [0.1, 0.15) is 5.82 Å². The first-order valence-corrected chi connectivity index (χ1v) is 12.2. The summed E-state index contributed by atoms with van der Waals surface area (Å²) in [6, 6.07) is 18.3. The van der Waals surface area contributed by atoms with E-state index in [-0.39, 0.29) is 22.9 Å². The predicted molar refractivity (Wildman–Crippen MR) is 128 cm³/mol. The van der Waals surface area contributed by atoms with Gasteiger partial charge in [0.2, 0.25) is 10.0 Å². The number of sulfonamides is 1. The number of hydrogen-bond acceptors (Lipinski definition) is 5. The van der Waals surface area contributed by atoms with Crippen molar-refractivity contribution >= 4 is 21.7 Å². The van der Waals surface area contributed by atoms with Gasteiger partial charge in [0, 0.05) is 37.9 Å². The average molecular weight is 463 g/mol. The molecule has 2 heterocycles. The molecule has 170 valence electrons. The van der Waals surface area contributed by atoms with Crippen molar-refractivity contribution in [1.82, 2.24) is 15.0 Å². The number of amides is 1. The minimum absolute atomic E-state index is 0.0334. The number of aromatic nitrogens is 1. The van der Waals surface area contributed by atoms with Gasteiger partial charge in [-0.25, -0.2) is 18.1 Å². The number of rotatable bonds is 8. The maximum atomic E-state index is 12.6. The van der Waals surface area contributed by atoms with Crippen molar-refractivity contribution in [3.63, 3.8) is 0 Å². The highest BCUT2D eigenvalue weighted by molar-refractivity contribution is 7.89. The van der Waals surface area contributed by atoms with Crippen molar-refractivity contribution < 1.29 is 13.2 Å². The number of hydrogen-bond donors (Lipinski definition) is 2. The van der Waals surface area contributed by atoms with Crippen LogP contribution in [0.3, 0.4) is 0 Å². The molecule has 0 fully saturated rings. The smallest absolute Gasteiger partial charge is 0.251 e. The number of carbonyl (C=O) groups is 1. The summed E-state index contributed by atoms with van der Waals surface area (Å²) in [5, 5.41) is 2.83. The minimum Gasteiger partial charge on any atom is -0.352 e.